The van der Waals surface area contributed by atoms with Gasteiger partial charge in [-0.05, 0) is 29.8 Å². The van der Waals surface area contributed by atoms with Crippen LogP contribution in [0.4, 0.5) is 0 Å². The summed E-state index contributed by atoms with van der Waals surface area (Å²) in [5.41, 5.74) is 6.37. The second-order valence-corrected chi connectivity index (χ2v) is 7.23. The van der Waals surface area contributed by atoms with E-state index in [0.717, 1.165) is 16.2 Å². The molecule has 0 saturated heterocycles. The highest BCUT2D eigenvalue weighted by molar-refractivity contribution is 7.99. The number of imidazole rings is 1. The second kappa shape index (κ2) is 9.16. The number of rotatable bonds is 7. The molecule has 2 heterocycles. The second-order valence-electron chi connectivity index (χ2n) is 6.29. The van der Waals surface area contributed by atoms with Crippen LogP contribution in [0.25, 0.3) is 11.0 Å². The summed E-state index contributed by atoms with van der Waals surface area (Å²) in [5.74, 6) is 0.0259. The molecule has 1 amide bonds. The maximum atomic E-state index is 12.2. The van der Waals surface area contributed by atoms with Crippen molar-refractivity contribution in [3.05, 3.63) is 90.3 Å². The lowest BCUT2D eigenvalue weighted by atomic mass is 10.2. The minimum absolute atomic E-state index is 0.194. The molecule has 4 rings (SSSR count). The van der Waals surface area contributed by atoms with Crippen molar-refractivity contribution < 1.29 is 4.79 Å². The number of aromatic nitrogens is 3. The van der Waals surface area contributed by atoms with E-state index < -0.39 is 0 Å². The van der Waals surface area contributed by atoms with Gasteiger partial charge in [0.05, 0.1) is 35.2 Å². The van der Waals surface area contributed by atoms with Gasteiger partial charge in [-0.15, -0.1) is 0 Å². The maximum Gasteiger partial charge on any atom is 0.250 e. The number of carbonyl (C=O) groups is 1. The van der Waals surface area contributed by atoms with E-state index in [4.69, 9.17) is 4.98 Å². The molecule has 0 radical (unpaired) electrons. The Morgan fingerprint density at radius 3 is 2.66 bits per heavy atom. The van der Waals surface area contributed by atoms with Crippen LogP contribution in [0.5, 0.6) is 0 Å². The predicted octanol–water partition coefficient (Wildman–Crippen LogP) is 3.72. The molecule has 0 aliphatic carbocycles. The zero-order valence-corrected chi connectivity index (χ0v) is 16.4. The van der Waals surface area contributed by atoms with Gasteiger partial charge in [0, 0.05) is 6.20 Å². The first-order valence-corrected chi connectivity index (χ1v) is 10.1. The summed E-state index contributed by atoms with van der Waals surface area (Å²) < 4.78 is 2.14. The summed E-state index contributed by atoms with van der Waals surface area (Å²) in [6.07, 6.45) is 3.20. The van der Waals surface area contributed by atoms with Gasteiger partial charge in [-0.2, -0.15) is 5.10 Å². The van der Waals surface area contributed by atoms with Crippen molar-refractivity contribution in [2.45, 2.75) is 11.7 Å². The van der Waals surface area contributed by atoms with Crippen molar-refractivity contribution in [2.75, 3.05) is 5.75 Å². The number of amides is 1. The smallest absolute Gasteiger partial charge is 0.250 e. The number of hydrazone groups is 1. The molecule has 0 fully saturated rings. The molecule has 0 saturated carbocycles. The highest BCUT2D eigenvalue weighted by Gasteiger charge is 2.13. The van der Waals surface area contributed by atoms with Crippen molar-refractivity contribution in [1.82, 2.24) is 20.0 Å². The summed E-state index contributed by atoms with van der Waals surface area (Å²) in [6.45, 7) is 0.698. The van der Waals surface area contributed by atoms with E-state index >= 15 is 0 Å². The molecule has 6 nitrogen and oxygen atoms in total. The summed E-state index contributed by atoms with van der Waals surface area (Å²) >= 11 is 1.40. The number of fused-ring (bicyclic) bond motifs is 1. The summed E-state index contributed by atoms with van der Waals surface area (Å²) in [6, 6.07) is 23.7. The maximum absolute atomic E-state index is 12.2. The Labute approximate surface area is 172 Å². The Morgan fingerprint density at radius 1 is 1.03 bits per heavy atom. The average Bonchev–Trinajstić information content (AvgIpc) is 3.11. The predicted molar refractivity (Wildman–Crippen MR) is 116 cm³/mol. The molecule has 2 aromatic heterocycles. The standard InChI is InChI=1S/C22H19N5OS/c28-21(26-24-14-18-10-6-7-13-23-18)16-29-22-25-19-11-4-5-12-20(19)27(22)15-17-8-2-1-3-9-17/h1-14H,15-16H2,(H,26,28). The zero-order chi connectivity index (χ0) is 19.9. The van der Waals surface area contributed by atoms with Gasteiger partial charge >= 0.3 is 0 Å². The lowest BCUT2D eigenvalue weighted by molar-refractivity contribution is -0.118. The van der Waals surface area contributed by atoms with E-state index in [0.29, 0.717) is 12.2 Å². The first-order valence-electron chi connectivity index (χ1n) is 9.14. The number of benzene rings is 2. The van der Waals surface area contributed by atoms with E-state index in [1.165, 1.54) is 23.5 Å². The molecule has 0 aliphatic heterocycles. The van der Waals surface area contributed by atoms with Gasteiger partial charge in [-0.25, -0.2) is 10.4 Å². The zero-order valence-electron chi connectivity index (χ0n) is 15.6. The third-order valence-corrected chi connectivity index (χ3v) is 5.19. The third-order valence-electron chi connectivity index (χ3n) is 4.21. The molecular weight excluding hydrogens is 382 g/mol. The third kappa shape index (κ3) is 4.89. The van der Waals surface area contributed by atoms with Gasteiger partial charge in [0.25, 0.3) is 5.91 Å². The Hall–Kier alpha value is -3.45. The minimum Gasteiger partial charge on any atom is -0.314 e. The molecule has 7 heteroatoms. The molecule has 0 aliphatic rings. The number of hydrogen-bond donors (Lipinski definition) is 1. The van der Waals surface area contributed by atoms with Gasteiger partial charge in [-0.1, -0.05) is 60.3 Å². The fourth-order valence-electron chi connectivity index (χ4n) is 2.87. The van der Waals surface area contributed by atoms with Crippen LogP contribution in [-0.4, -0.2) is 32.4 Å². The first kappa shape index (κ1) is 18.9. The van der Waals surface area contributed by atoms with Crippen molar-refractivity contribution in [3.8, 4) is 0 Å². The highest BCUT2D eigenvalue weighted by Crippen LogP contribution is 2.25. The van der Waals surface area contributed by atoms with Crippen LogP contribution in [0.2, 0.25) is 0 Å². The average molecular weight is 401 g/mol. The van der Waals surface area contributed by atoms with Gasteiger partial charge in [-0.3, -0.25) is 9.78 Å². The molecule has 0 atom stereocenters. The van der Waals surface area contributed by atoms with Crippen molar-refractivity contribution in [2.24, 2.45) is 5.10 Å². The number of nitrogens with one attached hydrogen (secondary N) is 1. The number of carbonyl (C=O) groups excluding carboxylic acids is 1. The number of nitrogens with zero attached hydrogens (tertiary/aromatic N) is 4. The van der Waals surface area contributed by atoms with E-state index in [1.54, 1.807) is 6.20 Å². The van der Waals surface area contributed by atoms with Crippen molar-refractivity contribution >= 4 is 34.9 Å². The molecule has 144 valence electrons. The van der Waals surface area contributed by atoms with E-state index in [2.05, 4.69) is 32.2 Å². The number of thioether (sulfide) groups is 1. The fourth-order valence-corrected chi connectivity index (χ4v) is 3.67. The molecule has 0 spiro atoms. The fraction of sp³-hybridized carbons (Fsp3) is 0.0909. The topological polar surface area (TPSA) is 72.2 Å². The largest absolute Gasteiger partial charge is 0.314 e. The SMILES string of the molecule is O=C(CSc1nc2ccccc2n1Cc1ccccc1)NN=Cc1ccccn1. The molecule has 2 aromatic carbocycles. The van der Waals surface area contributed by atoms with Crippen molar-refractivity contribution in [1.29, 1.82) is 0 Å². The Morgan fingerprint density at radius 2 is 1.83 bits per heavy atom. The molecule has 0 unspecified atom stereocenters. The minimum atomic E-state index is -0.194. The van der Waals surface area contributed by atoms with Crippen LogP contribution in [0.1, 0.15) is 11.3 Å². The highest BCUT2D eigenvalue weighted by atomic mass is 32.2. The first-order chi connectivity index (χ1) is 14.3. The monoisotopic (exact) mass is 401 g/mol. The molecular formula is C22H19N5OS. The number of pyridine rings is 1. The Balaban J connectivity index is 1.45. The van der Waals surface area contributed by atoms with Gasteiger partial charge < -0.3 is 4.57 Å². The Bertz CT molecular complexity index is 1130. The van der Waals surface area contributed by atoms with E-state index in [-0.39, 0.29) is 11.7 Å². The van der Waals surface area contributed by atoms with Gasteiger partial charge in [0.1, 0.15) is 0 Å². The van der Waals surface area contributed by atoms with Crippen LogP contribution in [0.3, 0.4) is 0 Å². The molecule has 1 N–H and O–H groups in total. The summed E-state index contributed by atoms with van der Waals surface area (Å²) in [5, 5.41) is 4.76. The van der Waals surface area contributed by atoms with Crippen molar-refractivity contribution in [3.63, 3.8) is 0 Å². The lowest BCUT2D eigenvalue weighted by Gasteiger charge is -2.09. The molecule has 29 heavy (non-hydrogen) atoms. The molecule has 4 aromatic rings. The number of hydrogen-bond acceptors (Lipinski definition) is 5. The quantitative estimate of drug-likeness (QED) is 0.291. The summed E-state index contributed by atoms with van der Waals surface area (Å²) in [7, 11) is 0. The van der Waals surface area contributed by atoms with Crippen LogP contribution in [0, 0.1) is 0 Å². The Kier molecular flexibility index (Phi) is 5.97. The lowest BCUT2D eigenvalue weighted by Crippen LogP contribution is -2.20. The summed E-state index contributed by atoms with van der Waals surface area (Å²) in [4.78, 5) is 21.0. The number of para-hydroxylation sites is 2. The van der Waals surface area contributed by atoms with Gasteiger partial charge in [0.2, 0.25) is 0 Å². The van der Waals surface area contributed by atoms with Crippen LogP contribution >= 0.6 is 11.8 Å². The van der Waals surface area contributed by atoms with Crippen LogP contribution in [-0.2, 0) is 11.3 Å². The molecule has 0 bridgehead atoms. The van der Waals surface area contributed by atoms with Crippen LogP contribution in [0.15, 0.2) is 89.3 Å². The van der Waals surface area contributed by atoms with E-state index in [1.807, 2.05) is 60.7 Å². The van der Waals surface area contributed by atoms with Gasteiger partial charge in [0.15, 0.2) is 5.16 Å². The normalized spacial score (nSPS) is 11.2. The van der Waals surface area contributed by atoms with E-state index in [9.17, 15) is 4.79 Å². The van der Waals surface area contributed by atoms with Crippen LogP contribution < -0.4 is 5.43 Å².